The van der Waals surface area contributed by atoms with E-state index in [1.165, 1.54) is 45.3 Å². The number of hydrogen-bond acceptors (Lipinski definition) is 3. The standard InChI is InChI=1S/C16H24N2S/c1-11-13-6-8-19-16(13)5-7-18(11)10-15-14-4-2-3-12(14)9-17-15/h6,8,11-12,14-15,17H,2-5,7,9-10H2,1H3. The van der Waals surface area contributed by atoms with Crippen molar-refractivity contribution in [3.63, 3.8) is 0 Å². The molecule has 0 amide bonds. The second-order valence-electron chi connectivity index (χ2n) is 6.59. The normalized spacial score (nSPS) is 38.4. The van der Waals surface area contributed by atoms with Crippen molar-refractivity contribution in [3.05, 3.63) is 21.9 Å². The molecule has 3 heteroatoms. The lowest BCUT2D eigenvalue weighted by Gasteiger charge is -2.36. The number of nitrogens with one attached hydrogen (secondary N) is 1. The van der Waals surface area contributed by atoms with E-state index >= 15 is 0 Å². The summed E-state index contributed by atoms with van der Waals surface area (Å²) in [5, 5.41) is 6.07. The van der Waals surface area contributed by atoms with Gasteiger partial charge in [0.25, 0.3) is 0 Å². The molecule has 0 spiro atoms. The second-order valence-corrected chi connectivity index (χ2v) is 7.59. The number of thiophene rings is 1. The van der Waals surface area contributed by atoms with Gasteiger partial charge in [-0.3, -0.25) is 4.90 Å². The fraction of sp³-hybridized carbons (Fsp3) is 0.750. The minimum atomic E-state index is 0.622. The first kappa shape index (κ1) is 12.4. The predicted molar refractivity (Wildman–Crippen MR) is 80.6 cm³/mol. The van der Waals surface area contributed by atoms with Crippen LogP contribution in [0.1, 0.15) is 42.7 Å². The highest BCUT2D eigenvalue weighted by atomic mass is 32.1. The van der Waals surface area contributed by atoms with Gasteiger partial charge in [0.2, 0.25) is 0 Å². The second kappa shape index (κ2) is 4.87. The van der Waals surface area contributed by atoms with E-state index in [1.807, 2.05) is 11.3 Å². The summed E-state index contributed by atoms with van der Waals surface area (Å²) in [5.41, 5.74) is 1.59. The minimum absolute atomic E-state index is 0.622. The average Bonchev–Trinajstić information content (AvgIpc) is 3.10. The number of fused-ring (bicyclic) bond motifs is 2. The fourth-order valence-corrected chi connectivity index (χ4v) is 5.53. The minimum Gasteiger partial charge on any atom is -0.312 e. The third kappa shape index (κ3) is 2.07. The molecule has 1 N–H and O–H groups in total. The molecule has 1 aromatic heterocycles. The molecule has 4 rings (SSSR count). The van der Waals surface area contributed by atoms with Crippen molar-refractivity contribution in [3.8, 4) is 0 Å². The van der Waals surface area contributed by atoms with Gasteiger partial charge in [-0.2, -0.15) is 0 Å². The molecule has 0 bridgehead atoms. The molecule has 0 radical (unpaired) electrons. The average molecular weight is 276 g/mol. The van der Waals surface area contributed by atoms with Crippen LogP contribution in [0.3, 0.4) is 0 Å². The van der Waals surface area contributed by atoms with Crippen molar-refractivity contribution in [1.82, 2.24) is 10.2 Å². The van der Waals surface area contributed by atoms with Crippen LogP contribution in [0.15, 0.2) is 11.4 Å². The maximum absolute atomic E-state index is 3.81. The summed E-state index contributed by atoms with van der Waals surface area (Å²) < 4.78 is 0. The molecule has 1 saturated carbocycles. The summed E-state index contributed by atoms with van der Waals surface area (Å²) in [6, 6.07) is 3.73. The van der Waals surface area contributed by atoms with Crippen molar-refractivity contribution in [1.29, 1.82) is 0 Å². The molecule has 4 unspecified atom stereocenters. The number of rotatable bonds is 2. The van der Waals surface area contributed by atoms with Gasteiger partial charge in [-0.1, -0.05) is 6.42 Å². The predicted octanol–water partition coefficient (Wildman–Crippen LogP) is 3.06. The highest BCUT2D eigenvalue weighted by Gasteiger charge is 2.40. The van der Waals surface area contributed by atoms with E-state index in [-0.39, 0.29) is 0 Å². The molecule has 3 aliphatic rings. The van der Waals surface area contributed by atoms with E-state index in [9.17, 15) is 0 Å². The summed E-state index contributed by atoms with van der Waals surface area (Å²) in [4.78, 5) is 4.34. The van der Waals surface area contributed by atoms with Gasteiger partial charge in [0.15, 0.2) is 0 Å². The Morgan fingerprint density at radius 2 is 2.37 bits per heavy atom. The van der Waals surface area contributed by atoms with Gasteiger partial charge in [-0.25, -0.2) is 0 Å². The topological polar surface area (TPSA) is 15.3 Å². The van der Waals surface area contributed by atoms with Crippen LogP contribution < -0.4 is 5.32 Å². The molecule has 2 nitrogen and oxygen atoms in total. The lowest BCUT2D eigenvalue weighted by Crippen LogP contribution is -2.44. The van der Waals surface area contributed by atoms with Crippen LogP contribution in [-0.4, -0.2) is 30.6 Å². The maximum Gasteiger partial charge on any atom is 0.0331 e. The van der Waals surface area contributed by atoms with Crippen LogP contribution >= 0.6 is 11.3 Å². The van der Waals surface area contributed by atoms with E-state index in [0.717, 1.165) is 17.9 Å². The lowest BCUT2D eigenvalue weighted by molar-refractivity contribution is 0.168. The van der Waals surface area contributed by atoms with Crippen LogP contribution in [0.25, 0.3) is 0 Å². The van der Waals surface area contributed by atoms with Crippen LogP contribution in [0, 0.1) is 11.8 Å². The van der Waals surface area contributed by atoms with Crippen molar-refractivity contribution in [2.45, 2.75) is 44.7 Å². The van der Waals surface area contributed by atoms with Crippen molar-refractivity contribution < 1.29 is 0 Å². The fourth-order valence-electron chi connectivity index (χ4n) is 4.57. The Bertz CT molecular complexity index is 455. The molecular formula is C16H24N2S. The Labute approximate surface area is 120 Å². The molecule has 2 aliphatic heterocycles. The Kier molecular flexibility index (Phi) is 3.17. The van der Waals surface area contributed by atoms with Crippen molar-refractivity contribution in [2.75, 3.05) is 19.6 Å². The van der Waals surface area contributed by atoms with Gasteiger partial charge < -0.3 is 5.32 Å². The van der Waals surface area contributed by atoms with Gasteiger partial charge in [-0.15, -0.1) is 11.3 Å². The summed E-state index contributed by atoms with van der Waals surface area (Å²) in [5.74, 6) is 1.96. The summed E-state index contributed by atoms with van der Waals surface area (Å²) in [7, 11) is 0. The Balaban J connectivity index is 1.46. The number of hydrogen-bond donors (Lipinski definition) is 1. The maximum atomic E-state index is 3.81. The molecule has 0 aromatic carbocycles. The third-order valence-corrected chi connectivity index (χ3v) is 6.71. The first-order valence-corrected chi connectivity index (χ1v) is 8.74. The quantitative estimate of drug-likeness (QED) is 0.893. The molecule has 19 heavy (non-hydrogen) atoms. The van der Waals surface area contributed by atoms with E-state index in [0.29, 0.717) is 6.04 Å². The highest BCUT2D eigenvalue weighted by molar-refractivity contribution is 7.10. The molecule has 1 saturated heterocycles. The monoisotopic (exact) mass is 276 g/mol. The van der Waals surface area contributed by atoms with E-state index in [4.69, 9.17) is 0 Å². The lowest BCUT2D eigenvalue weighted by atomic mass is 9.92. The zero-order valence-corrected chi connectivity index (χ0v) is 12.6. The van der Waals surface area contributed by atoms with Gasteiger partial charge >= 0.3 is 0 Å². The molecule has 4 atom stereocenters. The molecule has 1 aromatic rings. The SMILES string of the molecule is CC1c2ccsc2CCN1CC1NCC2CCCC21. The Morgan fingerprint density at radius 1 is 1.42 bits per heavy atom. The van der Waals surface area contributed by atoms with Crippen LogP contribution in [0.4, 0.5) is 0 Å². The Hall–Kier alpha value is -0.380. The smallest absolute Gasteiger partial charge is 0.0331 e. The van der Waals surface area contributed by atoms with Gasteiger partial charge in [0.05, 0.1) is 0 Å². The van der Waals surface area contributed by atoms with Gasteiger partial charge in [0, 0.05) is 30.1 Å². The van der Waals surface area contributed by atoms with Crippen molar-refractivity contribution >= 4 is 11.3 Å². The third-order valence-electron chi connectivity index (χ3n) is 5.71. The summed E-state index contributed by atoms with van der Waals surface area (Å²) in [6.07, 6.45) is 5.67. The van der Waals surface area contributed by atoms with Crippen molar-refractivity contribution in [2.24, 2.45) is 11.8 Å². The summed E-state index contributed by atoms with van der Waals surface area (Å²) in [6.45, 7) is 6.19. The molecular weight excluding hydrogens is 252 g/mol. The zero-order valence-electron chi connectivity index (χ0n) is 11.8. The van der Waals surface area contributed by atoms with Crippen LogP contribution in [0.2, 0.25) is 0 Å². The highest BCUT2D eigenvalue weighted by Crippen LogP contribution is 2.39. The van der Waals surface area contributed by atoms with E-state index in [1.54, 1.807) is 10.4 Å². The molecule has 104 valence electrons. The van der Waals surface area contributed by atoms with Crippen LogP contribution in [-0.2, 0) is 6.42 Å². The first-order valence-electron chi connectivity index (χ1n) is 7.86. The van der Waals surface area contributed by atoms with Gasteiger partial charge in [-0.05, 0) is 61.6 Å². The van der Waals surface area contributed by atoms with E-state index in [2.05, 4.69) is 28.6 Å². The largest absolute Gasteiger partial charge is 0.312 e. The van der Waals surface area contributed by atoms with E-state index < -0.39 is 0 Å². The molecule has 1 aliphatic carbocycles. The van der Waals surface area contributed by atoms with Gasteiger partial charge in [0.1, 0.15) is 0 Å². The zero-order chi connectivity index (χ0) is 12.8. The summed E-state index contributed by atoms with van der Waals surface area (Å²) >= 11 is 1.95. The van der Waals surface area contributed by atoms with Crippen LogP contribution in [0.5, 0.6) is 0 Å². The number of nitrogens with zero attached hydrogens (tertiary/aromatic N) is 1. The first-order chi connectivity index (χ1) is 9.33. The molecule has 2 fully saturated rings. The molecule has 3 heterocycles. The Morgan fingerprint density at radius 3 is 3.32 bits per heavy atom.